The molecule has 3 rings (SSSR count). The van der Waals surface area contributed by atoms with E-state index >= 15 is 0 Å². The smallest absolute Gasteiger partial charge is 0.228 e. The SMILES string of the molecule is CO[C@H](CO)[C@@H](CN=CC=CN)NC(=O)C1C=CC=C(F)C1c1cc(C2CCCC2)n[nH]1. The average Bonchev–Trinajstić information content (AvgIpc) is 3.49. The second kappa shape index (κ2) is 11.7. The van der Waals surface area contributed by atoms with Crippen LogP contribution < -0.4 is 11.1 Å². The summed E-state index contributed by atoms with van der Waals surface area (Å²) in [6, 6.07) is 1.29. The van der Waals surface area contributed by atoms with E-state index in [1.165, 1.54) is 38.4 Å². The van der Waals surface area contributed by atoms with Crippen LogP contribution in [0, 0.1) is 5.92 Å². The Morgan fingerprint density at radius 2 is 2.28 bits per heavy atom. The summed E-state index contributed by atoms with van der Waals surface area (Å²) in [6.07, 6.45) is 12.8. The molecule has 0 spiro atoms. The van der Waals surface area contributed by atoms with Crippen LogP contribution in [-0.2, 0) is 9.53 Å². The summed E-state index contributed by atoms with van der Waals surface area (Å²) < 4.78 is 20.2. The van der Waals surface area contributed by atoms with Gasteiger partial charge in [0.05, 0.1) is 36.7 Å². The molecule has 2 aliphatic rings. The molecule has 1 amide bonds. The second-order valence-electron chi connectivity index (χ2n) is 8.14. The predicted octanol–water partition coefficient (Wildman–Crippen LogP) is 2.23. The van der Waals surface area contributed by atoms with E-state index in [-0.39, 0.29) is 19.1 Å². The Bertz CT molecular complexity index is 869. The molecule has 0 aliphatic heterocycles. The number of carbonyl (C=O) groups is 1. The van der Waals surface area contributed by atoms with E-state index in [0.29, 0.717) is 11.6 Å². The molecule has 0 saturated heterocycles. The Balaban J connectivity index is 1.77. The molecule has 1 saturated carbocycles. The average molecular weight is 446 g/mol. The molecule has 4 atom stereocenters. The summed E-state index contributed by atoms with van der Waals surface area (Å²) in [7, 11) is 1.45. The van der Waals surface area contributed by atoms with Crippen molar-refractivity contribution in [3.8, 4) is 0 Å². The molecule has 8 nitrogen and oxygen atoms in total. The van der Waals surface area contributed by atoms with Crippen molar-refractivity contribution in [1.82, 2.24) is 15.5 Å². The van der Waals surface area contributed by atoms with Gasteiger partial charge >= 0.3 is 0 Å². The Hall–Kier alpha value is -2.78. The minimum absolute atomic E-state index is 0.171. The van der Waals surface area contributed by atoms with Gasteiger partial charge in [0.25, 0.3) is 0 Å². The molecule has 2 aliphatic carbocycles. The van der Waals surface area contributed by atoms with Crippen molar-refractivity contribution in [2.75, 3.05) is 20.3 Å². The highest BCUT2D eigenvalue weighted by Crippen LogP contribution is 2.39. The van der Waals surface area contributed by atoms with E-state index in [1.54, 1.807) is 18.2 Å². The third-order valence-electron chi connectivity index (χ3n) is 6.12. The number of aliphatic imine (C=N–C) groups is 1. The molecule has 2 unspecified atom stereocenters. The molecule has 0 radical (unpaired) electrons. The first-order valence-electron chi connectivity index (χ1n) is 11.0. The number of ether oxygens (including phenoxy) is 1. The number of nitrogens with one attached hydrogen (secondary N) is 2. The van der Waals surface area contributed by atoms with Crippen molar-refractivity contribution >= 4 is 12.1 Å². The molecular weight excluding hydrogens is 413 g/mol. The number of aromatic amines is 1. The lowest BCUT2D eigenvalue weighted by molar-refractivity contribution is -0.126. The van der Waals surface area contributed by atoms with Gasteiger partial charge < -0.3 is 20.9 Å². The molecule has 1 aromatic heterocycles. The number of H-pyrrole nitrogens is 1. The zero-order valence-electron chi connectivity index (χ0n) is 18.3. The van der Waals surface area contributed by atoms with Crippen molar-refractivity contribution in [3.05, 3.63) is 53.8 Å². The third-order valence-corrected chi connectivity index (χ3v) is 6.12. The Labute approximate surface area is 187 Å². The van der Waals surface area contributed by atoms with Gasteiger partial charge in [-0.15, -0.1) is 0 Å². The van der Waals surface area contributed by atoms with Crippen LogP contribution in [0.2, 0.25) is 0 Å². The van der Waals surface area contributed by atoms with Gasteiger partial charge in [0.1, 0.15) is 11.9 Å². The van der Waals surface area contributed by atoms with Crippen LogP contribution in [0.15, 0.2) is 47.4 Å². The lowest BCUT2D eigenvalue weighted by Crippen LogP contribution is -2.50. The summed E-state index contributed by atoms with van der Waals surface area (Å²) in [5.74, 6) is -1.96. The first-order chi connectivity index (χ1) is 15.6. The molecule has 0 bridgehead atoms. The van der Waals surface area contributed by atoms with Crippen LogP contribution in [0.5, 0.6) is 0 Å². The number of aliphatic hydroxyl groups is 1. The van der Waals surface area contributed by atoms with Crippen molar-refractivity contribution in [3.63, 3.8) is 0 Å². The Morgan fingerprint density at radius 1 is 1.50 bits per heavy atom. The number of nitrogens with zero attached hydrogens (tertiary/aromatic N) is 2. The number of aromatic nitrogens is 2. The molecule has 0 aromatic carbocycles. The number of allylic oxidation sites excluding steroid dienone is 4. The number of methoxy groups -OCH3 is 1. The van der Waals surface area contributed by atoms with Gasteiger partial charge in [-0.05, 0) is 37.3 Å². The number of rotatable bonds is 10. The summed E-state index contributed by atoms with van der Waals surface area (Å²) in [5, 5.41) is 19.9. The maximum atomic E-state index is 14.9. The number of aliphatic hydroxyl groups excluding tert-OH is 1. The lowest BCUT2D eigenvalue weighted by Gasteiger charge is -2.29. The largest absolute Gasteiger partial charge is 0.405 e. The molecular formula is C23H32FN5O3. The van der Waals surface area contributed by atoms with E-state index in [9.17, 15) is 14.3 Å². The van der Waals surface area contributed by atoms with E-state index in [0.717, 1.165) is 18.5 Å². The molecule has 1 fully saturated rings. The quantitative estimate of drug-likeness (QED) is 0.411. The first-order valence-corrected chi connectivity index (χ1v) is 11.0. The van der Waals surface area contributed by atoms with Gasteiger partial charge in [0.2, 0.25) is 5.91 Å². The summed E-state index contributed by atoms with van der Waals surface area (Å²) >= 11 is 0. The highest BCUT2D eigenvalue weighted by Gasteiger charge is 2.36. The Morgan fingerprint density at radius 3 is 2.97 bits per heavy atom. The highest BCUT2D eigenvalue weighted by atomic mass is 19.1. The topological polar surface area (TPSA) is 126 Å². The van der Waals surface area contributed by atoms with Gasteiger partial charge in [0, 0.05) is 24.9 Å². The number of hydrogen-bond donors (Lipinski definition) is 4. The van der Waals surface area contributed by atoms with Crippen LogP contribution >= 0.6 is 0 Å². The fraction of sp³-hybridized carbons (Fsp3) is 0.522. The van der Waals surface area contributed by atoms with Crippen molar-refractivity contribution < 1.29 is 19.0 Å². The Kier molecular flexibility index (Phi) is 8.75. The number of carbonyl (C=O) groups excluding carboxylic acids is 1. The van der Waals surface area contributed by atoms with E-state index < -0.39 is 29.8 Å². The fourth-order valence-corrected chi connectivity index (χ4v) is 4.36. The minimum atomic E-state index is -0.790. The van der Waals surface area contributed by atoms with Gasteiger partial charge in [-0.3, -0.25) is 14.9 Å². The number of halogens is 1. The molecule has 9 heteroatoms. The van der Waals surface area contributed by atoms with Crippen LogP contribution in [-0.4, -0.2) is 59.8 Å². The maximum Gasteiger partial charge on any atom is 0.228 e. The summed E-state index contributed by atoms with van der Waals surface area (Å²) in [4.78, 5) is 17.4. The predicted molar refractivity (Wildman–Crippen MR) is 121 cm³/mol. The van der Waals surface area contributed by atoms with Crippen LogP contribution in [0.25, 0.3) is 0 Å². The third kappa shape index (κ3) is 5.72. The van der Waals surface area contributed by atoms with E-state index in [2.05, 4.69) is 20.5 Å². The number of hydrogen-bond acceptors (Lipinski definition) is 6. The molecule has 5 N–H and O–H groups in total. The van der Waals surface area contributed by atoms with Crippen LogP contribution in [0.3, 0.4) is 0 Å². The van der Waals surface area contributed by atoms with Crippen molar-refractivity contribution in [2.24, 2.45) is 16.6 Å². The number of nitrogens with two attached hydrogens (primary N) is 1. The summed E-state index contributed by atoms with van der Waals surface area (Å²) in [6.45, 7) is -0.127. The second-order valence-corrected chi connectivity index (χ2v) is 8.14. The molecule has 1 aromatic rings. The zero-order chi connectivity index (χ0) is 22.9. The maximum absolute atomic E-state index is 14.9. The van der Waals surface area contributed by atoms with Gasteiger partial charge in [0.15, 0.2) is 0 Å². The number of amides is 1. The van der Waals surface area contributed by atoms with Crippen molar-refractivity contribution in [2.45, 2.75) is 49.7 Å². The molecule has 1 heterocycles. The van der Waals surface area contributed by atoms with Crippen LogP contribution in [0.1, 0.15) is 48.9 Å². The van der Waals surface area contributed by atoms with Gasteiger partial charge in [-0.25, -0.2) is 4.39 Å². The minimum Gasteiger partial charge on any atom is -0.405 e. The standard InChI is InChI=1S/C23H32FN5O3/c1-32-21(14-30)20(13-26-11-5-10-25)27-23(31)16-8-4-9-17(24)22(16)19-12-18(28-29-19)15-6-2-3-7-15/h4-5,8-12,15-16,20-22,30H,2-3,6-7,13-14,25H2,1H3,(H,27,31)(H,28,29)/t16?,20-,21-,22?/m1/s1. The molecule has 32 heavy (non-hydrogen) atoms. The zero-order valence-corrected chi connectivity index (χ0v) is 18.3. The first kappa shape index (κ1) is 23.9. The normalized spacial score (nSPS) is 23.7. The highest BCUT2D eigenvalue weighted by molar-refractivity contribution is 5.83. The summed E-state index contributed by atoms with van der Waals surface area (Å²) in [5.41, 5.74) is 6.81. The van der Waals surface area contributed by atoms with Gasteiger partial charge in [-0.1, -0.05) is 25.0 Å². The van der Waals surface area contributed by atoms with E-state index in [1.807, 2.05) is 6.07 Å². The van der Waals surface area contributed by atoms with E-state index in [4.69, 9.17) is 10.5 Å². The van der Waals surface area contributed by atoms with Crippen molar-refractivity contribution in [1.29, 1.82) is 0 Å². The van der Waals surface area contributed by atoms with Crippen LogP contribution in [0.4, 0.5) is 4.39 Å². The fourth-order valence-electron chi connectivity index (χ4n) is 4.36. The van der Waals surface area contributed by atoms with Gasteiger partial charge in [-0.2, -0.15) is 5.10 Å². The monoisotopic (exact) mass is 445 g/mol. The molecule has 174 valence electrons. The lowest BCUT2D eigenvalue weighted by atomic mass is 9.83.